The van der Waals surface area contributed by atoms with Crippen LogP contribution < -0.4 is 4.74 Å². The van der Waals surface area contributed by atoms with Crippen molar-refractivity contribution in [2.24, 2.45) is 0 Å². The van der Waals surface area contributed by atoms with Gasteiger partial charge in [-0.25, -0.2) is 0 Å². The lowest BCUT2D eigenvalue weighted by Gasteiger charge is -2.04. The number of nitrogens with zero attached hydrogens (tertiary/aromatic N) is 2. The van der Waals surface area contributed by atoms with Crippen LogP contribution in [0.3, 0.4) is 0 Å². The van der Waals surface area contributed by atoms with Crippen molar-refractivity contribution in [2.75, 3.05) is 6.61 Å². The number of hydrogen-bond acceptors (Lipinski definition) is 3. The quantitative estimate of drug-likeness (QED) is 0.783. The van der Waals surface area contributed by atoms with Gasteiger partial charge in [-0.05, 0) is 18.6 Å². The molecule has 0 amide bonds. The molecule has 2 aromatic heterocycles. The van der Waals surface area contributed by atoms with Gasteiger partial charge in [-0.3, -0.25) is 10.1 Å². The first-order valence-electron chi connectivity index (χ1n) is 5.48. The molecule has 2 heterocycles. The van der Waals surface area contributed by atoms with Crippen molar-refractivity contribution in [3.63, 3.8) is 0 Å². The number of ether oxygens (including phenoxy) is 1. The lowest BCUT2D eigenvalue weighted by molar-refractivity contribution is 0.310. The Kier molecular flexibility index (Phi) is 3.53. The molecule has 0 bridgehead atoms. The van der Waals surface area contributed by atoms with Crippen molar-refractivity contribution in [3.05, 3.63) is 30.7 Å². The maximum atomic E-state index is 5.65. The van der Waals surface area contributed by atoms with E-state index in [2.05, 4.69) is 22.1 Å². The number of unbranched alkanes of at least 4 members (excludes halogenated alkanes) is 1. The minimum absolute atomic E-state index is 0.725. The summed E-state index contributed by atoms with van der Waals surface area (Å²) >= 11 is 0. The Balaban J connectivity index is 2.13. The molecule has 2 rings (SSSR count). The van der Waals surface area contributed by atoms with Crippen LogP contribution in [0.15, 0.2) is 30.7 Å². The largest absolute Gasteiger partial charge is 0.490 e. The van der Waals surface area contributed by atoms with E-state index in [1.165, 1.54) is 0 Å². The van der Waals surface area contributed by atoms with Crippen molar-refractivity contribution >= 4 is 0 Å². The Bertz CT molecular complexity index is 425. The third-order valence-corrected chi connectivity index (χ3v) is 2.30. The van der Waals surface area contributed by atoms with Crippen LogP contribution in [-0.2, 0) is 0 Å². The van der Waals surface area contributed by atoms with Gasteiger partial charge in [0.2, 0.25) is 0 Å². The highest BCUT2D eigenvalue weighted by molar-refractivity contribution is 5.64. The summed E-state index contributed by atoms with van der Waals surface area (Å²) in [5, 5.41) is 7.00. The van der Waals surface area contributed by atoms with Gasteiger partial charge in [0.05, 0.1) is 12.8 Å². The molecule has 0 unspecified atom stereocenters. The molecular formula is C12H15N3O. The molecule has 2 aromatic rings. The summed E-state index contributed by atoms with van der Waals surface area (Å²) in [6.45, 7) is 2.87. The van der Waals surface area contributed by atoms with E-state index in [-0.39, 0.29) is 0 Å². The highest BCUT2D eigenvalue weighted by Gasteiger charge is 2.08. The summed E-state index contributed by atoms with van der Waals surface area (Å²) in [4.78, 5) is 4.07. The number of rotatable bonds is 5. The maximum Gasteiger partial charge on any atom is 0.164 e. The number of aromatic nitrogens is 3. The normalized spacial score (nSPS) is 10.3. The van der Waals surface area contributed by atoms with E-state index in [0.717, 1.165) is 36.5 Å². The smallest absolute Gasteiger partial charge is 0.164 e. The lowest BCUT2D eigenvalue weighted by Crippen LogP contribution is -1.96. The Morgan fingerprint density at radius 2 is 2.38 bits per heavy atom. The number of H-pyrrole nitrogens is 1. The van der Waals surface area contributed by atoms with E-state index in [1.807, 2.05) is 12.1 Å². The predicted octanol–water partition coefficient (Wildman–Crippen LogP) is 2.65. The minimum atomic E-state index is 0.725. The average molecular weight is 217 g/mol. The average Bonchev–Trinajstić information content (AvgIpc) is 2.79. The number of hydrogen-bond donors (Lipinski definition) is 1. The number of nitrogens with one attached hydrogen (secondary N) is 1. The third kappa shape index (κ3) is 2.39. The summed E-state index contributed by atoms with van der Waals surface area (Å²) < 4.78 is 5.65. The number of pyridine rings is 1. The molecule has 0 saturated carbocycles. The fraction of sp³-hybridized carbons (Fsp3) is 0.333. The van der Waals surface area contributed by atoms with Crippen LogP contribution in [-0.4, -0.2) is 21.8 Å². The fourth-order valence-corrected chi connectivity index (χ4v) is 1.43. The molecule has 0 spiro atoms. The first-order chi connectivity index (χ1) is 7.92. The van der Waals surface area contributed by atoms with Crippen LogP contribution in [0.4, 0.5) is 0 Å². The zero-order valence-electron chi connectivity index (χ0n) is 9.31. The molecule has 0 atom stereocenters. The van der Waals surface area contributed by atoms with Gasteiger partial charge >= 0.3 is 0 Å². The third-order valence-electron chi connectivity index (χ3n) is 2.30. The Morgan fingerprint density at radius 3 is 3.12 bits per heavy atom. The summed E-state index contributed by atoms with van der Waals surface area (Å²) in [6, 6.07) is 3.86. The van der Waals surface area contributed by atoms with Gasteiger partial charge < -0.3 is 4.74 Å². The van der Waals surface area contributed by atoms with Crippen LogP contribution in [0, 0.1) is 0 Å². The maximum absolute atomic E-state index is 5.65. The summed E-state index contributed by atoms with van der Waals surface area (Å²) in [5.41, 5.74) is 1.79. The Hall–Kier alpha value is -1.84. The summed E-state index contributed by atoms with van der Waals surface area (Å²) in [6.07, 6.45) is 7.48. The summed E-state index contributed by atoms with van der Waals surface area (Å²) in [5.74, 6) is 0.793. The molecule has 0 radical (unpaired) electrons. The molecule has 0 aliphatic heterocycles. The molecule has 0 aliphatic rings. The molecule has 4 nitrogen and oxygen atoms in total. The van der Waals surface area contributed by atoms with Gasteiger partial charge in [0.25, 0.3) is 0 Å². The topological polar surface area (TPSA) is 50.8 Å². The van der Waals surface area contributed by atoms with Crippen LogP contribution in [0.2, 0.25) is 0 Å². The van der Waals surface area contributed by atoms with Gasteiger partial charge in [-0.2, -0.15) is 5.10 Å². The first kappa shape index (κ1) is 10.7. The second-order valence-corrected chi connectivity index (χ2v) is 3.54. The van der Waals surface area contributed by atoms with Crippen molar-refractivity contribution in [3.8, 4) is 17.0 Å². The summed E-state index contributed by atoms with van der Waals surface area (Å²) in [7, 11) is 0. The predicted molar refractivity (Wildman–Crippen MR) is 62.2 cm³/mol. The van der Waals surface area contributed by atoms with E-state index < -0.39 is 0 Å². The van der Waals surface area contributed by atoms with Crippen molar-refractivity contribution in [2.45, 2.75) is 19.8 Å². The highest BCUT2D eigenvalue weighted by atomic mass is 16.5. The molecule has 1 N–H and O–H groups in total. The van der Waals surface area contributed by atoms with Gasteiger partial charge in [0, 0.05) is 18.0 Å². The minimum Gasteiger partial charge on any atom is -0.490 e. The van der Waals surface area contributed by atoms with Gasteiger partial charge in [0.15, 0.2) is 5.75 Å². The van der Waals surface area contributed by atoms with Crippen LogP contribution >= 0.6 is 0 Å². The van der Waals surface area contributed by atoms with Gasteiger partial charge in [-0.15, -0.1) is 0 Å². The second kappa shape index (κ2) is 5.30. The molecule has 0 fully saturated rings. The van der Waals surface area contributed by atoms with Crippen molar-refractivity contribution in [1.82, 2.24) is 15.2 Å². The highest BCUT2D eigenvalue weighted by Crippen LogP contribution is 2.26. The Labute approximate surface area is 94.7 Å². The molecular weight excluding hydrogens is 202 g/mol. The van der Waals surface area contributed by atoms with Crippen LogP contribution in [0.5, 0.6) is 5.75 Å². The van der Waals surface area contributed by atoms with E-state index in [9.17, 15) is 0 Å². The van der Waals surface area contributed by atoms with E-state index in [0.29, 0.717) is 0 Å². The molecule has 0 aliphatic carbocycles. The van der Waals surface area contributed by atoms with Crippen molar-refractivity contribution in [1.29, 1.82) is 0 Å². The second-order valence-electron chi connectivity index (χ2n) is 3.54. The zero-order chi connectivity index (χ0) is 11.2. The Morgan fingerprint density at radius 1 is 1.44 bits per heavy atom. The molecule has 0 saturated heterocycles. The van der Waals surface area contributed by atoms with Gasteiger partial charge in [0.1, 0.15) is 5.69 Å². The molecule has 84 valence electrons. The zero-order valence-corrected chi connectivity index (χ0v) is 9.31. The molecule has 16 heavy (non-hydrogen) atoms. The van der Waals surface area contributed by atoms with E-state index in [1.54, 1.807) is 18.6 Å². The van der Waals surface area contributed by atoms with E-state index >= 15 is 0 Å². The van der Waals surface area contributed by atoms with Crippen LogP contribution in [0.25, 0.3) is 11.3 Å². The standard InChI is InChI=1S/C12H15N3O/c1-2-3-7-16-11-9-14-15-12(11)10-5-4-6-13-8-10/h4-6,8-9H,2-3,7H2,1H3,(H,14,15). The van der Waals surface area contributed by atoms with Crippen molar-refractivity contribution < 1.29 is 4.74 Å². The monoisotopic (exact) mass is 217 g/mol. The van der Waals surface area contributed by atoms with E-state index in [4.69, 9.17) is 4.74 Å². The fourth-order valence-electron chi connectivity index (χ4n) is 1.43. The molecule has 0 aromatic carbocycles. The lowest BCUT2D eigenvalue weighted by atomic mass is 10.2. The first-order valence-corrected chi connectivity index (χ1v) is 5.48. The number of aromatic amines is 1. The van der Waals surface area contributed by atoms with Gasteiger partial charge in [-0.1, -0.05) is 13.3 Å². The molecule has 4 heteroatoms. The SMILES string of the molecule is CCCCOc1c[nH]nc1-c1cccnc1. The van der Waals surface area contributed by atoms with Crippen LogP contribution in [0.1, 0.15) is 19.8 Å².